The third-order valence-electron chi connectivity index (χ3n) is 2.02. The highest BCUT2D eigenvalue weighted by Crippen LogP contribution is 2.17. The van der Waals surface area contributed by atoms with Gasteiger partial charge in [0.2, 0.25) is 5.91 Å². The standard InChI is InChI=1S/C11H11N5O2/c1-7(17)13-8-3-2-4-9(5-8)14-10-6-12-16-11(18)15-10/h2-6H,1H3,(H,13,17)(H2,14,15,16,18). The molecule has 0 saturated heterocycles. The van der Waals surface area contributed by atoms with E-state index in [1.807, 2.05) is 0 Å². The van der Waals surface area contributed by atoms with Crippen molar-refractivity contribution in [3.05, 3.63) is 40.9 Å². The van der Waals surface area contributed by atoms with Crippen molar-refractivity contribution < 1.29 is 4.79 Å². The Labute approximate surface area is 102 Å². The van der Waals surface area contributed by atoms with Crippen molar-refractivity contribution in [2.75, 3.05) is 10.6 Å². The topological polar surface area (TPSA) is 99.8 Å². The molecule has 0 unspecified atom stereocenters. The monoisotopic (exact) mass is 245 g/mol. The second-order valence-corrected chi connectivity index (χ2v) is 3.56. The lowest BCUT2D eigenvalue weighted by molar-refractivity contribution is -0.114. The van der Waals surface area contributed by atoms with Gasteiger partial charge in [-0.2, -0.15) is 10.1 Å². The number of benzene rings is 1. The van der Waals surface area contributed by atoms with Gasteiger partial charge < -0.3 is 10.6 Å². The molecule has 0 bridgehead atoms. The average molecular weight is 245 g/mol. The lowest BCUT2D eigenvalue weighted by Crippen LogP contribution is -2.13. The summed E-state index contributed by atoms with van der Waals surface area (Å²) in [5, 5.41) is 11.4. The van der Waals surface area contributed by atoms with Crippen LogP contribution in [0.5, 0.6) is 0 Å². The summed E-state index contributed by atoms with van der Waals surface area (Å²) in [4.78, 5) is 25.6. The van der Waals surface area contributed by atoms with E-state index in [2.05, 4.69) is 25.8 Å². The van der Waals surface area contributed by atoms with Crippen molar-refractivity contribution in [2.24, 2.45) is 0 Å². The van der Waals surface area contributed by atoms with Crippen molar-refractivity contribution in [1.82, 2.24) is 15.2 Å². The molecule has 7 nitrogen and oxygen atoms in total. The van der Waals surface area contributed by atoms with Gasteiger partial charge in [0.15, 0.2) is 5.82 Å². The summed E-state index contributed by atoms with van der Waals surface area (Å²) in [7, 11) is 0. The minimum Gasteiger partial charge on any atom is -0.339 e. The number of amides is 1. The number of aromatic nitrogens is 3. The normalized spacial score (nSPS) is 9.83. The summed E-state index contributed by atoms with van der Waals surface area (Å²) >= 11 is 0. The van der Waals surface area contributed by atoms with E-state index in [9.17, 15) is 9.59 Å². The van der Waals surface area contributed by atoms with Crippen molar-refractivity contribution >= 4 is 23.1 Å². The summed E-state index contributed by atoms with van der Waals surface area (Å²) in [5.41, 5.74) is 0.824. The van der Waals surface area contributed by atoms with Crippen LogP contribution in [0, 0.1) is 0 Å². The van der Waals surface area contributed by atoms with E-state index >= 15 is 0 Å². The molecule has 7 heteroatoms. The SMILES string of the molecule is CC(=O)Nc1cccc(Nc2cn[nH]c(=O)n2)c1. The van der Waals surface area contributed by atoms with Crippen molar-refractivity contribution in [3.8, 4) is 0 Å². The molecule has 18 heavy (non-hydrogen) atoms. The first kappa shape index (κ1) is 11.8. The Morgan fingerprint density at radius 3 is 2.83 bits per heavy atom. The minimum absolute atomic E-state index is 0.150. The fourth-order valence-electron chi connectivity index (χ4n) is 1.40. The number of nitrogens with one attached hydrogen (secondary N) is 3. The van der Waals surface area contributed by atoms with E-state index in [1.165, 1.54) is 13.1 Å². The van der Waals surface area contributed by atoms with Crippen LogP contribution in [-0.2, 0) is 4.79 Å². The maximum absolute atomic E-state index is 11.0. The van der Waals surface area contributed by atoms with Gasteiger partial charge in [0, 0.05) is 18.3 Å². The van der Waals surface area contributed by atoms with Gasteiger partial charge >= 0.3 is 5.69 Å². The second-order valence-electron chi connectivity index (χ2n) is 3.56. The summed E-state index contributed by atoms with van der Waals surface area (Å²) < 4.78 is 0. The fourth-order valence-corrected chi connectivity index (χ4v) is 1.40. The largest absolute Gasteiger partial charge is 0.363 e. The third kappa shape index (κ3) is 3.14. The molecule has 0 fully saturated rings. The molecule has 92 valence electrons. The number of carbonyl (C=O) groups is 1. The summed E-state index contributed by atoms with van der Waals surface area (Å²) in [5.74, 6) is 0.182. The molecule has 2 rings (SSSR count). The van der Waals surface area contributed by atoms with Crippen LogP contribution in [0.25, 0.3) is 0 Å². The predicted octanol–water partition coefficient (Wildman–Crippen LogP) is 0.867. The van der Waals surface area contributed by atoms with Gasteiger partial charge in [0.05, 0.1) is 6.20 Å². The van der Waals surface area contributed by atoms with Crippen LogP contribution in [0.15, 0.2) is 35.3 Å². The van der Waals surface area contributed by atoms with Gasteiger partial charge in [0.25, 0.3) is 0 Å². The highest BCUT2D eigenvalue weighted by molar-refractivity contribution is 5.89. The van der Waals surface area contributed by atoms with E-state index in [4.69, 9.17) is 0 Å². The predicted molar refractivity (Wildman–Crippen MR) is 66.7 cm³/mol. The van der Waals surface area contributed by atoms with Crippen LogP contribution in [-0.4, -0.2) is 21.1 Å². The Balaban J connectivity index is 2.19. The molecule has 1 heterocycles. The Morgan fingerprint density at radius 1 is 1.33 bits per heavy atom. The molecular formula is C11H11N5O2. The Hall–Kier alpha value is -2.70. The summed E-state index contributed by atoms with van der Waals surface area (Å²) in [6.07, 6.45) is 1.40. The van der Waals surface area contributed by atoms with Gasteiger partial charge in [-0.3, -0.25) is 4.79 Å². The smallest absolute Gasteiger partial charge is 0.339 e. The van der Waals surface area contributed by atoms with Crippen LogP contribution in [0.1, 0.15) is 6.92 Å². The zero-order chi connectivity index (χ0) is 13.0. The lowest BCUT2D eigenvalue weighted by atomic mass is 10.2. The lowest BCUT2D eigenvalue weighted by Gasteiger charge is -2.07. The molecular weight excluding hydrogens is 234 g/mol. The number of aromatic amines is 1. The van der Waals surface area contributed by atoms with Crippen molar-refractivity contribution in [2.45, 2.75) is 6.92 Å². The van der Waals surface area contributed by atoms with E-state index < -0.39 is 5.69 Å². The zero-order valence-corrected chi connectivity index (χ0v) is 9.60. The Bertz CT molecular complexity index is 623. The van der Waals surface area contributed by atoms with Crippen molar-refractivity contribution in [1.29, 1.82) is 0 Å². The molecule has 0 atom stereocenters. The molecule has 0 spiro atoms. The number of hydrogen-bond donors (Lipinski definition) is 3. The van der Waals surface area contributed by atoms with Crippen LogP contribution in [0.3, 0.4) is 0 Å². The van der Waals surface area contributed by atoms with E-state index in [1.54, 1.807) is 24.3 Å². The first-order valence-corrected chi connectivity index (χ1v) is 5.20. The van der Waals surface area contributed by atoms with E-state index in [-0.39, 0.29) is 5.91 Å². The van der Waals surface area contributed by atoms with Crippen LogP contribution in [0.4, 0.5) is 17.2 Å². The molecule has 1 aromatic carbocycles. The molecule has 0 saturated carbocycles. The summed E-state index contributed by atoms with van der Waals surface area (Å²) in [6.45, 7) is 1.43. The first-order valence-electron chi connectivity index (χ1n) is 5.20. The fraction of sp³-hybridized carbons (Fsp3) is 0.0909. The van der Waals surface area contributed by atoms with E-state index in [0.29, 0.717) is 17.2 Å². The van der Waals surface area contributed by atoms with Gasteiger partial charge in [-0.1, -0.05) is 6.07 Å². The average Bonchev–Trinajstić information content (AvgIpc) is 2.28. The Morgan fingerprint density at radius 2 is 2.11 bits per heavy atom. The zero-order valence-electron chi connectivity index (χ0n) is 9.60. The number of rotatable bonds is 3. The van der Waals surface area contributed by atoms with Crippen LogP contribution < -0.4 is 16.3 Å². The van der Waals surface area contributed by atoms with Gasteiger partial charge in [-0.05, 0) is 18.2 Å². The highest BCUT2D eigenvalue weighted by atomic mass is 16.1. The number of H-pyrrole nitrogens is 1. The highest BCUT2D eigenvalue weighted by Gasteiger charge is 2.00. The first-order chi connectivity index (χ1) is 8.63. The maximum atomic E-state index is 11.0. The maximum Gasteiger partial charge on any atom is 0.363 e. The van der Waals surface area contributed by atoms with Crippen molar-refractivity contribution in [3.63, 3.8) is 0 Å². The molecule has 3 N–H and O–H groups in total. The van der Waals surface area contributed by atoms with Crippen LogP contribution >= 0.6 is 0 Å². The second kappa shape index (κ2) is 5.09. The molecule has 1 aromatic heterocycles. The quantitative estimate of drug-likeness (QED) is 0.745. The third-order valence-corrected chi connectivity index (χ3v) is 2.02. The Kier molecular flexibility index (Phi) is 3.33. The molecule has 0 aliphatic carbocycles. The van der Waals surface area contributed by atoms with Gasteiger partial charge in [-0.25, -0.2) is 9.89 Å². The van der Waals surface area contributed by atoms with Crippen LogP contribution in [0.2, 0.25) is 0 Å². The number of anilines is 3. The van der Waals surface area contributed by atoms with Gasteiger partial charge in [0.1, 0.15) is 0 Å². The molecule has 1 amide bonds. The minimum atomic E-state index is -0.530. The summed E-state index contributed by atoms with van der Waals surface area (Å²) in [6, 6.07) is 7.04. The van der Waals surface area contributed by atoms with E-state index in [0.717, 1.165) is 0 Å². The number of nitrogens with zero attached hydrogens (tertiary/aromatic N) is 2. The molecule has 2 aromatic rings. The molecule has 0 aliphatic heterocycles. The number of carbonyl (C=O) groups excluding carboxylic acids is 1. The molecule has 0 aliphatic rings. The molecule has 0 radical (unpaired) electrons. The number of hydrogen-bond acceptors (Lipinski definition) is 5. The van der Waals surface area contributed by atoms with Gasteiger partial charge in [-0.15, -0.1) is 0 Å².